The highest BCUT2D eigenvalue weighted by Crippen LogP contribution is 2.51. The van der Waals surface area contributed by atoms with Crippen molar-refractivity contribution in [3.05, 3.63) is 102 Å². The van der Waals surface area contributed by atoms with Crippen LogP contribution in [0.5, 0.6) is 0 Å². The lowest BCUT2D eigenvalue weighted by Gasteiger charge is -2.34. The Bertz CT molecular complexity index is 1800. The number of nitrogens with zero attached hydrogens (tertiary/aromatic N) is 2. The first-order chi connectivity index (χ1) is 22.2. The molecule has 2 fully saturated rings. The van der Waals surface area contributed by atoms with Crippen LogP contribution < -0.4 is 9.80 Å². The fourth-order valence-corrected chi connectivity index (χ4v) is 8.92. The van der Waals surface area contributed by atoms with Gasteiger partial charge in [-0.3, -0.25) is 19.2 Å². The van der Waals surface area contributed by atoms with Crippen molar-refractivity contribution in [2.24, 2.45) is 0 Å². The smallest absolute Gasteiger partial charge is 0.267 e. The number of hydrogen-bond donors (Lipinski definition) is 0. The second-order valence-electron chi connectivity index (χ2n) is 12.5. The van der Waals surface area contributed by atoms with E-state index < -0.39 is 23.6 Å². The van der Waals surface area contributed by atoms with Crippen molar-refractivity contribution in [1.82, 2.24) is 0 Å². The monoisotopic (exact) mass is 690 g/mol. The molecule has 0 N–H and O–H groups in total. The minimum absolute atomic E-state index is 0.000516. The first-order valence-corrected chi connectivity index (χ1v) is 17.0. The van der Waals surface area contributed by atoms with Crippen LogP contribution in [-0.2, 0) is 0 Å². The van der Waals surface area contributed by atoms with Crippen LogP contribution in [0.1, 0.15) is 116 Å². The van der Waals surface area contributed by atoms with Crippen molar-refractivity contribution < 1.29 is 19.2 Å². The van der Waals surface area contributed by atoms with Gasteiger partial charge in [-0.2, -0.15) is 0 Å². The lowest BCUT2D eigenvalue weighted by molar-refractivity contribution is 0.0873. The van der Waals surface area contributed by atoms with Crippen LogP contribution in [0.2, 0.25) is 20.1 Å². The summed E-state index contributed by atoms with van der Waals surface area (Å²) in [5, 5.41) is -0.836. The van der Waals surface area contributed by atoms with E-state index in [0.29, 0.717) is 23.2 Å². The van der Waals surface area contributed by atoms with Gasteiger partial charge in [0.05, 0.1) is 53.7 Å². The molecule has 2 aliphatic heterocycles. The van der Waals surface area contributed by atoms with Gasteiger partial charge in [-0.15, -0.1) is 0 Å². The topological polar surface area (TPSA) is 74.8 Å². The van der Waals surface area contributed by atoms with Gasteiger partial charge in [0, 0.05) is 10.8 Å². The summed E-state index contributed by atoms with van der Waals surface area (Å²) in [4.78, 5) is 58.6. The number of carbonyl (C=O) groups is 4. The summed E-state index contributed by atoms with van der Waals surface area (Å²) in [5.41, 5.74) is 2.49. The normalized spacial score (nSPS) is 18.5. The Hall–Kier alpha value is -3.42. The molecule has 2 heterocycles. The number of anilines is 2. The third-order valence-electron chi connectivity index (χ3n) is 10.1. The van der Waals surface area contributed by atoms with E-state index in [2.05, 4.69) is 0 Å². The standard InChI is InChI=1S/C36H26Cl4N2O4/c37-29-25-23-24-27(31(29)39)35(45)42(22-15-11-20(12-16-22)18-7-3-4-8-18)36(46)28(24)32(40)30(38)26(23)34(44)41(33(25)43)21-13-9-19(10-14-21)17-5-1-2-6-17/h9-18H,1-8H2. The van der Waals surface area contributed by atoms with Crippen LogP contribution in [0.3, 0.4) is 0 Å². The highest BCUT2D eigenvalue weighted by molar-refractivity contribution is 6.57. The van der Waals surface area contributed by atoms with Crippen LogP contribution in [0, 0.1) is 0 Å². The highest BCUT2D eigenvalue weighted by atomic mass is 35.5. The predicted octanol–water partition coefficient (Wildman–Crippen LogP) is 10.4. The molecule has 0 unspecified atom stereocenters. The van der Waals surface area contributed by atoms with Gasteiger partial charge in [-0.05, 0) is 72.9 Å². The minimum atomic E-state index is -0.737. The van der Waals surface area contributed by atoms with Gasteiger partial charge in [0.15, 0.2) is 0 Å². The van der Waals surface area contributed by atoms with Crippen molar-refractivity contribution in [2.45, 2.75) is 63.2 Å². The quantitative estimate of drug-likeness (QED) is 0.200. The second-order valence-corrected chi connectivity index (χ2v) is 14.1. The lowest BCUT2D eigenvalue weighted by Crippen LogP contribution is -2.44. The first-order valence-electron chi connectivity index (χ1n) is 15.5. The van der Waals surface area contributed by atoms with Crippen molar-refractivity contribution >= 4 is 92.2 Å². The number of rotatable bonds is 4. The maximum Gasteiger partial charge on any atom is 0.267 e. The molecule has 0 bridgehead atoms. The Morgan fingerprint density at radius 3 is 0.957 bits per heavy atom. The largest absolute Gasteiger partial charge is 0.268 e. The molecule has 10 heteroatoms. The Labute approximate surface area is 285 Å². The fourth-order valence-electron chi connectivity index (χ4n) is 7.84. The van der Waals surface area contributed by atoms with Crippen LogP contribution in [0.25, 0.3) is 10.8 Å². The van der Waals surface area contributed by atoms with E-state index >= 15 is 0 Å². The molecule has 0 aromatic heterocycles. The molecular weight excluding hydrogens is 666 g/mol. The van der Waals surface area contributed by atoms with E-state index in [-0.39, 0.29) is 53.1 Å². The third-order valence-corrected chi connectivity index (χ3v) is 11.8. The van der Waals surface area contributed by atoms with Gasteiger partial charge < -0.3 is 0 Å². The van der Waals surface area contributed by atoms with Gasteiger partial charge in [0.2, 0.25) is 0 Å². The highest BCUT2D eigenvalue weighted by Gasteiger charge is 2.46. The molecule has 4 aliphatic rings. The molecule has 0 atom stereocenters. The lowest BCUT2D eigenvalue weighted by atomic mass is 9.85. The molecule has 8 rings (SSSR count). The number of imide groups is 2. The van der Waals surface area contributed by atoms with Crippen molar-refractivity contribution in [1.29, 1.82) is 0 Å². The Morgan fingerprint density at radius 2 is 0.696 bits per heavy atom. The van der Waals surface area contributed by atoms with Crippen molar-refractivity contribution in [2.75, 3.05) is 9.80 Å². The summed E-state index contributed by atoms with van der Waals surface area (Å²) < 4.78 is 0. The summed E-state index contributed by atoms with van der Waals surface area (Å²) in [6, 6.07) is 14.6. The summed E-state index contributed by atoms with van der Waals surface area (Å²) in [6.45, 7) is 0. The van der Waals surface area contributed by atoms with Crippen LogP contribution in [-0.4, -0.2) is 23.6 Å². The molecular formula is C36H26Cl4N2O4. The number of carbonyl (C=O) groups excluding carboxylic acids is 4. The maximum absolute atomic E-state index is 14.1. The van der Waals surface area contributed by atoms with Crippen molar-refractivity contribution in [3.63, 3.8) is 0 Å². The van der Waals surface area contributed by atoms with Gasteiger partial charge in [0.25, 0.3) is 23.6 Å². The van der Waals surface area contributed by atoms with Crippen LogP contribution in [0.15, 0.2) is 48.5 Å². The molecule has 46 heavy (non-hydrogen) atoms. The first kappa shape index (κ1) is 29.9. The molecule has 0 spiro atoms. The molecule has 0 radical (unpaired) electrons. The number of halogens is 4. The molecule has 4 aromatic carbocycles. The zero-order chi connectivity index (χ0) is 32.0. The van der Waals surface area contributed by atoms with E-state index in [4.69, 9.17) is 46.4 Å². The molecule has 6 nitrogen and oxygen atoms in total. The number of amides is 4. The number of hydrogen-bond acceptors (Lipinski definition) is 4. The van der Waals surface area contributed by atoms with Gasteiger partial charge in [-0.1, -0.05) is 96.4 Å². The summed E-state index contributed by atoms with van der Waals surface area (Å²) in [7, 11) is 0. The summed E-state index contributed by atoms with van der Waals surface area (Å²) in [5.74, 6) is -2.06. The Balaban J connectivity index is 1.27. The van der Waals surface area contributed by atoms with Gasteiger partial charge in [0.1, 0.15) is 0 Å². The predicted molar refractivity (Wildman–Crippen MR) is 182 cm³/mol. The van der Waals surface area contributed by atoms with Crippen LogP contribution >= 0.6 is 46.4 Å². The van der Waals surface area contributed by atoms with E-state index in [1.54, 1.807) is 24.3 Å². The zero-order valence-corrected chi connectivity index (χ0v) is 27.5. The Kier molecular flexibility index (Phi) is 7.22. The molecule has 2 aliphatic carbocycles. The average Bonchev–Trinajstić information content (AvgIpc) is 3.79. The fraction of sp³-hybridized carbons (Fsp3) is 0.278. The molecule has 232 valence electrons. The summed E-state index contributed by atoms with van der Waals surface area (Å²) in [6.07, 6.45) is 9.10. The van der Waals surface area contributed by atoms with Gasteiger partial charge >= 0.3 is 0 Å². The van der Waals surface area contributed by atoms with E-state index in [0.717, 1.165) is 46.6 Å². The number of benzene rings is 4. The van der Waals surface area contributed by atoms with Gasteiger partial charge in [-0.25, -0.2) is 9.80 Å². The van der Waals surface area contributed by atoms with E-state index in [1.165, 1.54) is 25.7 Å². The summed E-state index contributed by atoms with van der Waals surface area (Å²) >= 11 is 27.2. The molecule has 4 amide bonds. The zero-order valence-electron chi connectivity index (χ0n) is 24.5. The average molecular weight is 692 g/mol. The van der Waals surface area contributed by atoms with E-state index in [9.17, 15) is 19.2 Å². The Morgan fingerprint density at radius 1 is 0.435 bits per heavy atom. The van der Waals surface area contributed by atoms with Crippen molar-refractivity contribution in [3.8, 4) is 0 Å². The SMILES string of the molecule is O=C1c2c(Cl)c(Cl)c3c4c(c(Cl)c(Cl)c(c24)C(=O)N1c1ccc(C2CCCC2)cc1)C(=O)N(c1ccc(C2CCCC2)cc1)C3=O. The second kappa shape index (κ2) is 11.1. The van der Waals surface area contributed by atoms with Crippen LogP contribution in [0.4, 0.5) is 11.4 Å². The minimum Gasteiger partial charge on any atom is -0.268 e. The molecule has 4 aromatic rings. The molecule has 2 saturated carbocycles. The molecule has 0 saturated heterocycles. The van der Waals surface area contributed by atoms with E-state index in [1.807, 2.05) is 24.3 Å². The third kappa shape index (κ3) is 4.23. The maximum atomic E-state index is 14.1.